The molecule has 0 aliphatic rings. The molecule has 0 unspecified atom stereocenters. The van der Waals surface area contributed by atoms with Gasteiger partial charge in [0.05, 0.1) is 24.8 Å². The maximum Gasteiger partial charge on any atom is 0.215 e. The molecular weight excluding hydrogens is 330 g/mol. The van der Waals surface area contributed by atoms with Crippen molar-refractivity contribution in [2.45, 2.75) is 6.92 Å². The maximum absolute atomic E-state index is 12.4. The molecule has 2 rings (SSSR count). The Bertz CT molecular complexity index is 624. The van der Waals surface area contributed by atoms with E-state index in [9.17, 15) is 4.79 Å². The average molecular weight is 342 g/mol. The smallest absolute Gasteiger partial charge is 0.215 e. The molecule has 0 bridgehead atoms. The molecule has 1 aromatic carbocycles. The Labute approximate surface area is 123 Å². The molecule has 0 aliphatic carbocycles. The first-order valence-corrected chi connectivity index (χ1v) is 7.13. The highest BCUT2D eigenvalue weighted by molar-refractivity contribution is 9.10. The summed E-state index contributed by atoms with van der Waals surface area (Å²) in [6.07, 6.45) is 0. The van der Waals surface area contributed by atoms with Gasteiger partial charge in [-0.15, -0.1) is 11.3 Å². The van der Waals surface area contributed by atoms with Gasteiger partial charge < -0.3 is 9.47 Å². The fraction of sp³-hybridized carbons (Fsp3) is 0.231. The number of hydrogen-bond acceptors (Lipinski definition) is 5. The topological polar surface area (TPSA) is 48.4 Å². The standard InChI is InChI=1S/C13H12BrNO3S/c1-7-15-9(6-19-7)12(16)8-4-5-10(17-2)11(14)13(8)18-3/h4-6H,1-3H3. The fourth-order valence-electron chi connectivity index (χ4n) is 1.68. The van der Waals surface area contributed by atoms with E-state index in [1.165, 1.54) is 18.4 Å². The molecule has 0 amide bonds. The first-order chi connectivity index (χ1) is 9.08. The SMILES string of the molecule is COc1ccc(C(=O)c2csc(C)n2)c(OC)c1Br. The van der Waals surface area contributed by atoms with Crippen molar-refractivity contribution in [3.63, 3.8) is 0 Å². The van der Waals surface area contributed by atoms with Gasteiger partial charge in [0.25, 0.3) is 0 Å². The lowest BCUT2D eigenvalue weighted by Crippen LogP contribution is -2.05. The van der Waals surface area contributed by atoms with Crippen LogP contribution in [0.2, 0.25) is 0 Å². The zero-order valence-electron chi connectivity index (χ0n) is 10.7. The summed E-state index contributed by atoms with van der Waals surface area (Å²) in [5.74, 6) is 0.905. The molecule has 0 saturated heterocycles. The zero-order chi connectivity index (χ0) is 14.0. The van der Waals surface area contributed by atoms with Gasteiger partial charge in [-0.1, -0.05) is 0 Å². The second-order valence-corrected chi connectivity index (χ2v) is 5.60. The van der Waals surface area contributed by atoms with E-state index in [-0.39, 0.29) is 5.78 Å². The second kappa shape index (κ2) is 5.71. The Kier molecular flexibility index (Phi) is 4.21. The van der Waals surface area contributed by atoms with Gasteiger partial charge in [-0.3, -0.25) is 4.79 Å². The molecule has 0 radical (unpaired) electrons. The molecule has 6 heteroatoms. The third kappa shape index (κ3) is 2.64. The van der Waals surface area contributed by atoms with Crippen molar-refractivity contribution in [3.8, 4) is 11.5 Å². The van der Waals surface area contributed by atoms with Gasteiger partial charge >= 0.3 is 0 Å². The lowest BCUT2D eigenvalue weighted by Gasteiger charge is -2.11. The van der Waals surface area contributed by atoms with Crippen LogP contribution in [0.3, 0.4) is 0 Å². The van der Waals surface area contributed by atoms with Crippen LogP contribution in [0.4, 0.5) is 0 Å². The summed E-state index contributed by atoms with van der Waals surface area (Å²) in [4.78, 5) is 16.6. The normalized spacial score (nSPS) is 10.3. The van der Waals surface area contributed by atoms with Gasteiger partial charge in [0.15, 0.2) is 0 Å². The minimum Gasteiger partial charge on any atom is -0.495 e. The highest BCUT2D eigenvalue weighted by Crippen LogP contribution is 2.38. The van der Waals surface area contributed by atoms with Crippen molar-refractivity contribution in [3.05, 3.63) is 38.3 Å². The summed E-state index contributed by atoms with van der Waals surface area (Å²) >= 11 is 4.82. The van der Waals surface area contributed by atoms with E-state index >= 15 is 0 Å². The van der Waals surface area contributed by atoms with Crippen molar-refractivity contribution in [2.75, 3.05) is 14.2 Å². The average Bonchev–Trinajstić information content (AvgIpc) is 2.84. The number of nitrogens with zero attached hydrogens (tertiary/aromatic N) is 1. The van der Waals surface area contributed by atoms with E-state index in [4.69, 9.17) is 9.47 Å². The first kappa shape index (κ1) is 14.0. The van der Waals surface area contributed by atoms with Crippen molar-refractivity contribution in [1.29, 1.82) is 0 Å². The molecule has 4 nitrogen and oxygen atoms in total. The number of hydrogen-bond donors (Lipinski definition) is 0. The van der Waals surface area contributed by atoms with E-state index in [1.54, 1.807) is 24.6 Å². The third-order valence-electron chi connectivity index (χ3n) is 2.58. The predicted octanol–water partition coefficient (Wildman–Crippen LogP) is 3.46. The number of carbonyl (C=O) groups excluding carboxylic acids is 1. The van der Waals surface area contributed by atoms with Crippen LogP contribution in [-0.4, -0.2) is 25.0 Å². The molecule has 0 fully saturated rings. The number of carbonyl (C=O) groups is 1. The molecule has 0 N–H and O–H groups in total. The van der Waals surface area contributed by atoms with Gasteiger partial charge in [0.1, 0.15) is 21.7 Å². The third-order valence-corrected chi connectivity index (χ3v) is 4.11. The lowest BCUT2D eigenvalue weighted by molar-refractivity contribution is 0.103. The van der Waals surface area contributed by atoms with Gasteiger partial charge in [-0.25, -0.2) is 4.98 Å². The van der Waals surface area contributed by atoms with Crippen LogP contribution in [0.1, 0.15) is 21.1 Å². The Morgan fingerprint density at radius 2 is 2.05 bits per heavy atom. The lowest BCUT2D eigenvalue weighted by atomic mass is 10.1. The molecule has 0 aliphatic heterocycles. The van der Waals surface area contributed by atoms with E-state index in [2.05, 4.69) is 20.9 Å². The molecule has 19 heavy (non-hydrogen) atoms. The van der Waals surface area contributed by atoms with Gasteiger partial charge in [0.2, 0.25) is 5.78 Å². The monoisotopic (exact) mass is 341 g/mol. The van der Waals surface area contributed by atoms with E-state index in [0.29, 0.717) is 27.2 Å². The van der Waals surface area contributed by atoms with Crippen molar-refractivity contribution in [1.82, 2.24) is 4.98 Å². The number of thiazole rings is 1. The molecule has 0 spiro atoms. The zero-order valence-corrected chi connectivity index (χ0v) is 13.1. The van der Waals surface area contributed by atoms with Crippen LogP contribution < -0.4 is 9.47 Å². The van der Waals surface area contributed by atoms with Crippen LogP contribution >= 0.6 is 27.3 Å². The van der Waals surface area contributed by atoms with Crippen LogP contribution in [0.25, 0.3) is 0 Å². The molecular formula is C13H12BrNO3S. The molecule has 0 saturated carbocycles. The van der Waals surface area contributed by atoms with Crippen molar-refractivity contribution < 1.29 is 14.3 Å². The number of aryl methyl sites for hydroxylation is 1. The van der Waals surface area contributed by atoms with Gasteiger partial charge in [-0.2, -0.15) is 0 Å². The number of aromatic nitrogens is 1. The molecule has 1 heterocycles. The summed E-state index contributed by atoms with van der Waals surface area (Å²) in [5.41, 5.74) is 0.887. The number of ether oxygens (including phenoxy) is 2. The highest BCUT2D eigenvalue weighted by Gasteiger charge is 2.21. The number of methoxy groups -OCH3 is 2. The summed E-state index contributed by atoms with van der Waals surface area (Å²) in [7, 11) is 3.08. The quantitative estimate of drug-likeness (QED) is 0.799. The van der Waals surface area contributed by atoms with Crippen LogP contribution in [0, 0.1) is 6.92 Å². The predicted molar refractivity (Wildman–Crippen MR) is 77.5 cm³/mol. The van der Waals surface area contributed by atoms with Crippen LogP contribution in [0.15, 0.2) is 22.0 Å². The number of halogens is 1. The number of rotatable bonds is 4. The summed E-state index contributed by atoms with van der Waals surface area (Å²) in [6, 6.07) is 3.40. The molecule has 100 valence electrons. The van der Waals surface area contributed by atoms with E-state index in [0.717, 1.165) is 5.01 Å². The molecule has 1 aromatic heterocycles. The number of ketones is 1. The summed E-state index contributed by atoms with van der Waals surface area (Å²) in [6.45, 7) is 1.86. The Morgan fingerprint density at radius 3 is 2.58 bits per heavy atom. The molecule has 0 atom stereocenters. The largest absolute Gasteiger partial charge is 0.495 e. The molecule has 2 aromatic rings. The van der Waals surface area contributed by atoms with E-state index < -0.39 is 0 Å². The van der Waals surface area contributed by atoms with Gasteiger partial charge in [-0.05, 0) is 35.0 Å². The second-order valence-electron chi connectivity index (χ2n) is 3.74. The minimum absolute atomic E-state index is 0.162. The minimum atomic E-state index is -0.162. The highest BCUT2D eigenvalue weighted by atomic mass is 79.9. The van der Waals surface area contributed by atoms with E-state index in [1.807, 2.05) is 6.92 Å². The van der Waals surface area contributed by atoms with Crippen molar-refractivity contribution in [2.24, 2.45) is 0 Å². The summed E-state index contributed by atoms with van der Waals surface area (Å²) in [5, 5.41) is 2.60. The summed E-state index contributed by atoms with van der Waals surface area (Å²) < 4.78 is 11.1. The first-order valence-electron chi connectivity index (χ1n) is 5.45. The number of benzene rings is 1. The van der Waals surface area contributed by atoms with Gasteiger partial charge in [0, 0.05) is 5.38 Å². The Hall–Kier alpha value is -1.40. The Morgan fingerprint density at radius 1 is 1.32 bits per heavy atom. The van der Waals surface area contributed by atoms with Crippen LogP contribution in [-0.2, 0) is 0 Å². The van der Waals surface area contributed by atoms with Crippen molar-refractivity contribution >= 4 is 33.0 Å². The Balaban J connectivity index is 2.50. The van der Waals surface area contributed by atoms with Crippen LogP contribution in [0.5, 0.6) is 11.5 Å². The fourth-order valence-corrected chi connectivity index (χ4v) is 2.94. The maximum atomic E-state index is 12.4.